The Morgan fingerprint density at radius 2 is 2.18 bits per heavy atom. The lowest BCUT2D eigenvalue weighted by Crippen LogP contribution is -2.08. The first kappa shape index (κ1) is 12.1. The molecule has 1 aliphatic heterocycles. The van der Waals surface area contributed by atoms with Crippen LogP contribution in [0.3, 0.4) is 0 Å². The molecule has 5 nitrogen and oxygen atoms in total. The molecule has 0 amide bonds. The van der Waals surface area contributed by atoms with E-state index in [1.54, 1.807) is 20.4 Å². The van der Waals surface area contributed by atoms with Crippen molar-refractivity contribution in [2.75, 3.05) is 14.2 Å². The molecule has 0 N–H and O–H groups in total. The highest BCUT2D eigenvalue weighted by Crippen LogP contribution is 2.34. The molecule has 0 aromatic carbocycles. The van der Waals surface area contributed by atoms with Crippen LogP contribution in [0.25, 0.3) is 0 Å². The van der Waals surface area contributed by atoms with Crippen molar-refractivity contribution >= 4 is 0 Å². The minimum absolute atomic E-state index is 0.0141. The lowest BCUT2D eigenvalue weighted by Gasteiger charge is -2.13. The molecule has 5 heteroatoms. The van der Waals surface area contributed by atoms with E-state index in [9.17, 15) is 0 Å². The van der Waals surface area contributed by atoms with Gasteiger partial charge in [-0.25, -0.2) is 4.98 Å². The van der Waals surface area contributed by atoms with Gasteiger partial charge in [0.2, 0.25) is 0 Å². The first-order valence-corrected chi connectivity index (χ1v) is 5.88. The number of hydrogen-bond donors (Lipinski definition) is 0. The fraction of sp³-hybridized carbons (Fsp3) is 0.667. The molecular formula is C12H18N2O3. The van der Waals surface area contributed by atoms with Crippen LogP contribution in [0.15, 0.2) is 6.20 Å². The second-order valence-electron chi connectivity index (χ2n) is 4.04. The van der Waals surface area contributed by atoms with Crippen LogP contribution in [0.1, 0.15) is 38.1 Å². The topological polar surface area (TPSA) is 53.5 Å². The van der Waals surface area contributed by atoms with Gasteiger partial charge in [-0.15, -0.1) is 0 Å². The first-order chi connectivity index (χ1) is 8.28. The average Bonchev–Trinajstić information content (AvgIpc) is 2.86. The second-order valence-corrected chi connectivity index (χ2v) is 4.04. The zero-order valence-corrected chi connectivity index (χ0v) is 10.5. The Balaban J connectivity index is 2.16. The van der Waals surface area contributed by atoms with E-state index in [1.165, 1.54) is 0 Å². The Hall–Kier alpha value is -1.36. The summed E-state index contributed by atoms with van der Waals surface area (Å²) in [4.78, 5) is 8.60. The summed E-state index contributed by atoms with van der Waals surface area (Å²) in [7, 11) is 3.14. The van der Waals surface area contributed by atoms with E-state index in [0.29, 0.717) is 23.6 Å². The van der Waals surface area contributed by atoms with Crippen LogP contribution in [0, 0.1) is 0 Å². The zero-order valence-electron chi connectivity index (χ0n) is 10.5. The Morgan fingerprint density at radius 3 is 2.76 bits per heavy atom. The van der Waals surface area contributed by atoms with Crippen molar-refractivity contribution in [3.63, 3.8) is 0 Å². The fourth-order valence-electron chi connectivity index (χ4n) is 2.01. The zero-order chi connectivity index (χ0) is 12.3. The molecule has 0 saturated carbocycles. The molecular weight excluding hydrogens is 220 g/mol. The lowest BCUT2D eigenvalue weighted by atomic mass is 10.1. The third kappa shape index (κ3) is 2.49. The highest BCUT2D eigenvalue weighted by atomic mass is 16.5. The largest absolute Gasteiger partial charge is 0.490 e. The van der Waals surface area contributed by atoms with Gasteiger partial charge in [-0.05, 0) is 19.3 Å². The van der Waals surface area contributed by atoms with E-state index in [0.717, 1.165) is 19.3 Å². The molecule has 2 unspecified atom stereocenters. The molecule has 1 aromatic rings. The van der Waals surface area contributed by atoms with E-state index in [1.807, 2.05) is 0 Å². The van der Waals surface area contributed by atoms with Crippen molar-refractivity contribution in [1.29, 1.82) is 0 Å². The van der Waals surface area contributed by atoms with Gasteiger partial charge in [0.1, 0.15) is 6.10 Å². The molecule has 0 aliphatic carbocycles. The van der Waals surface area contributed by atoms with Crippen molar-refractivity contribution in [1.82, 2.24) is 9.97 Å². The molecule has 1 saturated heterocycles. The van der Waals surface area contributed by atoms with Gasteiger partial charge in [0.25, 0.3) is 5.88 Å². The van der Waals surface area contributed by atoms with Crippen LogP contribution in [-0.4, -0.2) is 30.3 Å². The second kappa shape index (κ2) is 5.31. The van der Waals surface area contributed by atoms with E-state index in [4.69, 9.17) is 14.2 Å². The van der Waals surface area contributed by atoms with Crippen LogP contribution in [0.4, 0.5) is 0 Å². The van der Waals surface area contributed by atoms with Crippen LogP contribution in [-0.2, 0) is 4.74 Å². The maximum Gasteiger partial charge on any atom is 0.260 e. The first-order valence-electron chi connectivity index (χ1n) is 5.88. The van der Waals surface area contributed by atoms with Crippen molar-refractivity contribution < 1.29 is 14.2 Å². The van der Waals surface area contributed by atoms with Gasteiger partial charge in [0, 0.05) is 0 Å². The van der Waals surface area contributed by atoms with Crippen molar-refractivity contribution in [2.24, 2.45) is 0 Å². The van der Waals surface area contributed by atoms with Crippen LogP contribution in [0.2, 0.25) is 0 Å². The number of aromatic nitrogens is 2. The minimum Gasteiger partial charge on any atom is -0.490 e. The molecule has 17 heavy (non-hydrogen) atoms. The standard InChI is InChI=1S/C12H18N2O3/c1-4-8-5-6-9(17-8)11-13-7-10(15-2)12(14-11)16-3/h7-9H,4-6H2,1-3H3. The lowest BCUT2D eigenvalue weighted by molar-refractivity contribution is 0.0375. The minimum atomic E-state index is -0.0141. The Morgan fingerprint density at radius 1 is 1.35 bits per heavy atom. The fourth-order valence-corrected chi connectivity index (χ4v) is 2.01. The maximum absolute atomic E-state index is 5.85. The van der Waals surface area contributed by atoms with E-state index in [2.05, 4.69) is 16.9 Å². The van der Waals surface area contributed by atoms with Gasteiger partial charge in [0.05, 0.1) is 26.5 Å². The monoisotopic (exact) mass is 238 g/mol. The summed E-state index contributed by atoms with van der Waals surface area (Å²) < 4.78 is 16.1. The van der Waals surface area contributed by atoms with Crippen LogP contribution in [0.5, 0.6) is 11.6 Å². The number of hydrogen-bond acceptors (Lipinski definition) is 5. The third-order valence-corrected chi connectivity index (χ3v) is 3.01. The Bertz CT molecular complexity index is 384. The summed E-state index contributed by atoms with van der Waals surface area (Å²) in [5, 5.41) is 0. The summed E-state index contributed by atoms with van der Waals surface area (Å²) in [5.41, 5.74) is 0. The van der Waals surface area contributed by atoms with Gasteiger partial charge < -0.3 is 14.2 Å². The molecule has 2 rings (SSSR count). The molecule has 0 spiro atoms. The van der Waals surface area contributed by atoms with Gasteiger partial charge in [0.15, 0.2) is 11.6 Å². The average molecular weight is 238 g/mol. The normalized spacial score (nSPS) is 23.7. The van der Waals surface area contributed by atoms with Crippen molar-refractivity contribution in [3.05, 3.63) is 12.0 Å². The Labute approximate surface area is 101 Å². The van der Waals surface area contributed by atoms with Gasteiger partial charge in [-0.2, -0.15) is 4.98 Å². The number of nitrogens with zero attached hydrogens (tertiary/aromatic N) is 2. The SMILES string of the molecule is CCC1CCC(c2ncc(OC)c(OC)n2)O1. The predicted molar refractivity (Wildman–Crippen MR) is 62.3 cm³/mol. The Kier molecular flexibility index (Phi) is 3.78. The van der Waals surface area contributed by atoms with Gasteiger partial charge >= 0.3 is 0 Å². The predicted octanol–water partition coefficient (Wildman–Crippen LogP) is 2.12. The van der Waals surface area contributed by atoms with Crippen molar-refractivity contribution in [2.45, 2.75) is 38.4 Å². The summed E-state index contributed by atoms with van der Waals surface area (Å²) in [6.45, 7) is 2.13. The number of ether oxygens (including phenoxy) is 3. The summed E-state index contributed by atoms with van der Waals surface area (Å²) >= 11 is 0. The number of rotatable bonds is 4. The van der Waals surface area contributed by atoms with Crippen LogP contribution < -0.4 is 9.47 Å². The van der Waals surface area contributed by atoms with E-state index >= 15 is 0 Å². The maximum atomic E-state index is 5.85. The quantitative estimate of drug-likeness (QED) is 0.804. The third-order valence-electron chi connectivity index (χ3n) is 3.01. The van der Waals surface area contributed by atoms with Crippen LogP contribution >= 0.6 is 0 Å². The molecule has 0 radical (unpaired) electrons. The van der Waals surface area contributed by atoms with Gasteiger partial charge in [-0.3, -0.25) is 0 Å². The summed E-state index contributed by atoms with van der Waals surface area (Å²) in [6.07, 6.45) is 5.01. The highest BCUT2D eigenvalue weighted by molar-refractivity contribution is 5.31. The van der Waals surface area contributed by atoms with Crippen molar-refractivity contribution in [3.8, 4) is 11.6 Å². The highest BCUT2D eigenvalue weighted by Gasteiger charge is 2.28. The summed E-state index contributed by atoms with van der Waals surface area (Å²) in [6, 6.07) is 0. The van der Waals surface area contributed by atoms with Gasteiger partial charge in [-0.1, -0.05) is 6.92 Å². The van der Waals surface area contributed by atoms with E-state index in [-0.39, 0.29) is 6.10 Å². The molecule has 2 atom stereocenters. The molecule has 1 aromatic heterocycles. The smallest absolute Gasteiger partial charge is 0.260 e. The molecule has 94 valence electrons. The molecule has 2 heterocycles. The number of methoxy groups -OCH3 is 2. The molecule has 1 fully saturated rings. The van der Waals surface area contributed by atoms with E-state index < -0.39 is 0 Å². The molecule has 0 bridgehead atoms. The summed E-state index contributed by atoms with van der Waals surface area (Å²) in [5.74, 6) is 1.68. The molecule has 1 aliphatic rings.